The van der Waals surface area contributed by atoms with Crippen LogP contribution in [0.25, 0.3) is 10.8 Å². The Morgan fingerprint density at radius 3 is 2.40 bits per heavy atom. The van der Waals surface area contributed by atoms with Crippen molar-refractivity contribution in [1.29, 1.82) is 0 Å². The summed E-state index contributed by atoms with van der Waals surface area (Å²) < 4.78 is 10.4. The maximum atomic E-state index is 11.4. The summed E-state index contributed by atoms with van der Waals surface area (Å²) >= 11 is 0. The zero-order valence-electron chi connectivity index (χ0n) is 13.8. The first kappa shape index (κ1) is 16.4. The third-order valence-corrected chi connectivity index (χ3v) is 3.84. The number of nitro groups is 1. The first-order valence-electron chi connectivity index (χ1n) is 7.56. The summed E-state index contributed by atoms with van der Waals surface area (Å²) in [6.45, 7) is 0. The molecule has 0 bridgehead atoms. The highest BCUT2D eigenvalue weighted by molar-refractivity contribution is 5.96. The third kappa shape index (κ3) is 3.28. The van der Waals surface area contributed by atoms with Gasteiger partial charge in [-0.05, 0) is 17.5 Å². The average molecular weight is 336 g/mol. The van der Waals surface area contributed by atoms with Gasteiger partial charge in [-0.25, -0.2) is 0 Å². The minimum absolute atomic E-state index is 0.0957. The zero-order chi connectivity index (χ0) is 17.8. The van der Waals surface area contributed by atoms with Crippen molar-refractivity contribution in [2.24, 2.45) is 4.99 Å². The second-order valence-electron chi connectivity index (χ2n) is 5.28. The van der Waals surface area contributed by atoms with Gasteiger partial charge in [-0.1, -0.05) is 36.4 Å². The predicted molar refractivity (Wildman–Crippen MR) is 97.4 cm³/mol. The SMILES string of the molecule is COc1cc(C=Nc2cccc3ccccc23)c([N+](=O)[O-])cc1OC. The highest BCUT2D eigenvalue weighted by Gasteiger charge is 2.18. The smallest absolute Gasteiger partial charge is 0.282 e. The Labute approximate surface area is 144 Å². The topological polar surface area (TPSA) is 74.0 Å². The molecule has 0 atom stereocenters. The van der Waals surface area contributed by atoms with Crippen molar-refractivity contribution in [3.8, 4) is 11.5 Å². The van der Waals surface area contributed by atoms with Crippen molar-refractivity contribution in [3.05, 3.63) is 70.3 Å². The number of benzene rings is 3. The lowest BCUT2D eigenvalue weighted by Crippen LogP contribution is -1.98. The highest BCUT2D eigenvalue weighted by Crippen LogP contribution is 2.34. The van der Waals surface area contributed by atoms with Crippen LogP contribution in [-0.2, 0) is 0 Å². The van der Waals surface area contributed by atoms with Gasteiger partial charge in [0, 0.05) is 11.6 Å². The largest absolute Gasteiger partial charge is 0.493 e. The van der Waals surface area contributed by atoms with E-state index < -0.39 is 4.92 Å². The molecule has 0 fully saturated rings. The maximum Gasteiger partial charge on any atom is 0.282 e. The van der Waals surface area contributed by atoms with Crippen LogP contribution in [-0.4, -0.2) is 25.4 Å². The molecule has 0 saturated carbocycles. The van der Waals surface area contributed by atoms with Crippen molar-refractivity contribution in [2.75, 3.05) is 14.2 Å². The van der Waals surface area contributed by atoms with Crippen molar-refractivity contribution in [3.63, 3.8) is 0 Å². The minimum atomic E-state index is -0.466. The van der Waals surface area contributed by atoms with E-state index in [1.165, 1.54) is 26.5 Å². The van der Waals surface area contributed by atoms with Crippen LogP contribution in [0.2, 0.25) is 0 Å². The summed E-state index contributed by atoms with van der Waals surface area (Å²) in [6, 6.07) is 16.5. The summed E-state index contributed by atoms with van der Waals surface area (Å²) in [4.78, 5) is 15.3. The lowest BCUT2D eigenvalue weighted by Gasteiger charge is -2.08. The zero-order valence-corrected chi connectivity index (χ0v) is 13.8. The summed E-state index contributed by atoms with van der Waals surface area (Å²) in [5.74, 6) is 0.712. The minimum Gasteiger partial charge on any atom is -0.493 e. The Morgan fingerprint density at radius 2 is 1.68 bits per heavy atom. The molecular formula is C19H16N2O4. The van der Waals surface area contributed by atoms with Gasteiger partial charge >= 0.3 is 0 Å². The molecule has 25 heavy (non-hydrogen) atoms. The highest BCUT2D eigenvalue weighted by atomic mass is 16.6. The molecule has 0 aliphatic rings. The molecule has 0 heterocycles. The van der Waals surface area contributed by atoms with Gasteiger partial charge in [-0.3, -0.25) is 15.1 Å². The van der Waals surface area contributed by atoms with Gasteiger partial charge < -0.3 is 9.47 Å². The summed E-state index contributed by atoms with van der Waals surface area (Å²) in [5, 5.41) is 13.4. The molecule has 6 heteroatoms. The molecule has 0 aliphatic carbocycles. The number of aliphatic imine (C=N–C) groups is 1. The number of hydrogen-bond donors (Lipinski definition) is 0. The van der Waals surface area contributed by atoms with E-state index in [-0.39, 0.29) is 5.69 Å². The van der Waals surface area contributed by atoms with Gasteiger partial charge in [-0.15, -0.1) is 0 Å². The summed E-state index contributed by atoms with van der Waals surface area (Å²) in [7, 11) is 2.92. The Balaban J connectivity index is 2.09. The van der Waals surface area contributed by atoms with Crippen LogP contribution in [0.5, 0.6) is 11.5 Å². The maximum absolute atomic E-state index is 11.4. The van der Waals surface area contributed by atoms with E-state index in [4.69, 9.17) is 9.47 Å². The number of hydrogen-bond acceptors (Lipinski definition) is 5. The number of fused-ring (bicyclic) bond motifs is 1. The number of nitro benzene ring substituents is 1. The molecule has 6 nitrogen and oxygen atoms in total. The molecule has 3 rings (SSSR count). The summed E-state index contributed by atoms with van der Waals surface area (Å²) in [6.07, 6.45) is 1.47. The molecule has 3 aromatic rings. The number of nitrogens with zero attached hydrogens (tertiary/aromatic N) is 2. The normalized spacial score (nSPS) is 11.0. The van der Waals surface area contributed by atoms with Crippen LogP contribution < -0.4 is 9.47 Å². The fraction of sp³-hybridized carbons (Fsp3) is 0.105. The van der Waals surface area contributed by atoms with E-state index >= 15 is 0 Å². The quantitative estimate of drug-likeness (QED) is 0.390. The fourth-order valence-electron chi connectivity index (χ4n) is 2.61. The standard InChI is InChI=1S/C19H16N2O4/c1-24-18-10-14(17(21(22)23)11-19(18)25-2)12-20-16-9-5-7-13-6-3-4-8-15(13)16/h3-12H,1-2H3. The van der Waals surface area contributed by atoms with Crippen LogP contribution in [0.4, 0.5) is 11.4 Å². The van der Waals surface area contributed by atoms with Crippen molar-refractivity contribution in [1.82, 2.24) is 0 Å². The lowest BCUT2D eigenvalue weighted by molar-refractivity contribution is -0.385. The molecular weight excluding hydrogens is 320 g/mol. The molecule has 0 aliphatic heterocycles. The van der Waals surface area contributed by atoms with Crippen molar-refractivity contribution < 1.29 is 14.4 Å². The second kappa shape index (κ2) is 7.00. The van der Waals surface area contributed by atoms with Gasteiger partial charge in [-0.2, -0.15) is 0 Å². The first-order valence-corrected chi connectivity index (χ1v) is 7.56. The molecule has 3 aromatic carbocycles. The van der Waals surface area contributed by atoms with Gasteiger partial charge in [0.05, 0.1) is 36.5 Å². The van der Waals surface area contributed by atoms with E-state index in [2.05, 4.69) is 4.99 Å². The Hall–Kier alpha value is -3.41. The Kier molecular flexibility index (Phi) is 4.61. The summed E-state index contributed by atoms with van der Waals surface area (Å²) in [5.41, 5.74) is 0.986. The number of methoxy groups -OCH3 is 2. The average Bonchev–Trinajstić information content (AvgIpc) is 2.65. The Bertz CT molecular complexity index is 962. The van der Waals surface area contributed by atoms with E-state index in [0.717, 1.165) is 16.5 Å². The first-order chi connectivity index (χ1) is 12.1. The molecule has 0 amide bonds. The molecule has 0 aromatic heterocycles. The van der Waals surface area contributed by atoms with E-state index in [9.17, 15) is 10.1 Å². The molecule has 0 radical (unpaired) electrons. The number of rotatable bonds is 5. The predicted octanol–water partition coefficient (Wildman–Crippen LogP) is 4.52. The van der Waals surface area contributed by atoms with Crippen LogP contribution in [0.15, 0.2) is 59.6 Å². The number of ether oxygens (including phenoxy) is 2. The van der Waals surface area contributed by atoms with E-state index in [1.807, 2.05) is 42.5 Å². The molecule has 0 saturated heterocycles. The lowest BCUT2D eigenvalue weighted by atomic mass is 10.1. The molecule has 0 unspecified atom stereocenters. The van der Waals surface area contributed by atoms with Gasteiger partial charge in [0.25, 0.3) is 5.69 Å². The second-order valence-corrected chi connectivity index (χ2v) is 5.28. The third-order valence-electron chi connectivity index (χ3n) is 3.84. The van der Waals surface area contributed by atoms with Crippen LogP contribution in [0.1, 0.15) is 5.56 Å². The van der Waals surface area contributed by atoms with Crippen molar-refractivity contribution >= 4 is 28.4 Å². The molecule has 126 valence electrons. The van der Waals surface area contributed by atoms with Crippen molar-refractivity contribution in [2.45, 2.75) is 0 Å². The van der Waals surface area contributed by atoms with Crippen LogP contribution in [0, 0.1) is 10.1 Å². The monoisotopic (exact) mass is 336 g/mol. The fourth-order valence-corrected chi connectivity index (χ4v) is 2.61. The van der Waals surface area contributed by atoms with E-state index in [1.54, 1.807) is 6.07 Å². The molecule has 0 spiro atoms. The van der Waals surface area contributed by atoms with Crippen LogP contribution in [0.3, 0.4) is 0 Å². The van der Waals surface area contributed by atoms with Gasteiger partial charge in [0.15, 0.2) is 11.5 Å². The Morgan fingerprint density at radius 1 is 1.00 bits per heavy atom. The van der Waals surface area contributed by atoms with Gasteiger partial charge in [0.1, 0.15) is 0 Å². The molecule has 0 N–H and O–H groups in total. The van der Waals surface area contributed by atoms with Gasteiger partial charge in [0.2, 0.25) is 0 Å². The van der Waals surface area contributed by atoms with E-state index in [0.29, 0.717) is 17.1 Å². The van der Waals surface area contributed by atoms with Crippen LogP contribution >= 0.6 is 0 Å².